The molecule has 1 amide bonds. The van der Waals surface area contributed by atoms with E-state index in [4.69, 9.17) is 16.0 Å². The Bertz CT molecular complexity index is 1030. The molecule has 3 aromatic rings. The number of hydrogen-bond acceptors (Lipinski definition) is 6. The van der Waals surface area contributed by atoms with Crippen LogP contribution in [0.3, 0.4) is 0 Å². The second-order valence-electron chi connectivity index (χ2n) is 5.59. The van der Waals surface area contributed by atoms with Crippen LogP contribution in [0.25, 0.3) is 17.4 Å². The number of benzene rings is 1. The molecule has 2 aromatic heterocycles. The van der Waals surface area contributed by atoms with Gasteiger partial charge in [0.15, 0.2) is 0 Å². The highest BCUT2D eigenvalue weighted by atomic mass is 35.5. The maximum absolute atomic E-state index is 12.3. The van der Waals surface area contributed by atoms with Gasteiger partial charge in [-0.05, 0) is 30.7 Å². The number of carbonyl (C=O) groups excluding carboxylic acids is 1. The zero-order valence-corrected chi connectivity index (χ0v) is 16.0. The first-order chi connectivity index (χ1) is 13.1. The Morgan fingerprint density at radius 3 is 2.96 bits per heavy atom. The first kappa shape index (κ1) is 18.8. The van der Waals surface area contributed by atoms with Crippen molar-refractivity contribution < 1.29 is 9.21 Å². The number of nitriles is 1. The van der Waals surface area contributed by atoms with Crippen LogP contribution in [0.4, 0.5) is 5.13 Å². The second-order valence-corrected chi connectivity index (χ2v) is 7.09. The van der Waals surface area contributed by atoms with Crippen molar-refractivity contribution in [1.29, 1.82) is 5.26 Å². The number of nitrogens with one attached hydrogen (secondary N) is 1. The molecule has 0 aliphatic heterocycles. The predicted octanol–water partition coefficient (Wildman–Crippen LogP) is 4.95. The van der Waals surface area contributed by atoms with Crippen LogP contribution >= 0.6 is 22.9 Å². The maximum Gasteiger partial charge on any atom is 0.268 e. The molecule has 0 spiro atoms. The molecule has 0 atom stereocenters. The largest absolute Gasteiger partial charge is 0.457 e. The van der Waals surface area contributed by atoms with Gasteiger partial charge in [-0.25, -0.2) is 0 Å². The summed E-state index contributed by atoms with van der Waals surface area (Å²) in [5.41, 5.74) is 0.719. The zero-order chi connectivity index (χ0) is 19.2. The van der Waals surface area contributed by atoms with Crippen molar-refractivity contribution in [3.8, 4) is 17.4 Å². The molecular formula is C19H15ClN4O2S. The first-order valence-corrected chi connectivity index (χ1v) is 9.39. The fourth-order valence-corrected chi connectivity index (χ4v) is 3.33. The maximum atomic E-state index is 12.3. The quantitative estimate of drug-likeness (QED) is 0.468. The van der Waals surface area contributed by atoms with E-state index in [1.165, 1.54) is 17.4 Å². The normalized spacial score (nSPS) is 11.2. The zero-order valence-electron chi connectivity index (χ0n) is 14.4. The molecule has 0 bridgehead atoms. The van der Waals surface area contributed by atoms with E-state index < -0.39 is 5.91 Å². The second kappa shape index (κ2) is 8.62. The standard InChI is InChI=1S/C19H15ClN4O2S/c1-2-4-17-23-24-19(27-17)22-18(25)13(11-21)10-15-7-8-16(26-15)12-5-3-6-14(20)9-12/h3,5-10H,2,4H2,1H3,(H,22,24,25)/b13-10-. The Labute approximate surface area is 165 Å². The summed E-state index contributed by atoms with van der Waals surface area (Å²) < 4.78 is 5.70. The lowest BCUT2D eigenvalue weighted by Crippen LogP contribution is -2.13. The Kier molecular flexibility index (Phi) is 6.01. The summed E-state index contributed by atoms with van der Waals surface area (Å²) in [6.45, 7) is 2.04. The van der Waals surface area contributed by atoms with Gasteiger partial charge in [-0.1, -0.05) is 42.0 Å². The van der Waals surface area contributed by atoms with E-state index in [0.29, 0.717) is 21.7 Å². The van der Waals surface area contributed by atoms with Gasteiger partial charge in [0.2, 0.25) is 5.13 Å². The van der Waals surface area contributed by atoms with E-state index in [0.717, 1.165) is 23.4 Å². The Hall–Kier alpha value is -2.95. The minimum absolute atomic E-state index is 0.0887. The van der Waals surface area contributed by atoms with E-state index >= 15 is 0 Å². The summed E-state index contributed by atoms with van der Waals surface area (Å²) in [5, 5.41) is 21.6. The van der Waals surface area contributed by atoms with Gasteiger partial charge < -0.3 is 4.42 Å². The fraction of sp³-hybridized carbons (Fsp3) is 0.158. The smallest absolute Gasteiger partial charge is 0.268 e. The third kappa shape index (κ3) is 4.82. The summed E-state index contributed by atoms with van der Waals surface area (Å²) in [4.78, 5) is 12.3. The highest BCUT2D eigenvalue weighted by molar-refractivity contribution is 7.15. The van der Waals surface area contributed by atoms with Crippen molar-refractivity contribution in [2.45, 2.75) is 19.8 Å². The third-order valence-corrected chi connectivity index (χ3v) is 4.67. The lowest BCUT2D eigenvalue weighted by Gasteiger charge is -1.99. The molecule has 0 saturated heterocycles. The summed E-state index contributed by atoms with van der Waals surface area (Å²) in [6, 6.07) is 12.5. The van der Waals surface area contributed by atoms with Crippen LogP contribution in [0.5, 0.6) is 0 Å². The number of carbonyl (C=O) groups is 1. The molecule has 27 heavy (non-hydrogen) atoms. The molecule has 6 nitrogen and oxygen atoms in total. The van der Waals surface area contributed by atoms with E-state index in [1.54, 1.807) is 24.3 Å². The molecule has 0 unspecified atom stereocenters. The predicted molar refractivity (Wildman–Crippen MR) is 105 cm³/mol. The number of anilines is 1. The molecule has 0 fully saturated rings. The topological polar surface area (TPSA) is 91.8 Å². The average molecular weight is 399 g/mol. The van der Waals surface area contributed by atoms with E-state index in [9.17, 15) is 10.1 Å². The van der Waals surface area contributed by atoms with Crippen LogP contribution < -0.4 is 5.32 Å². The lowest BCUT2D eigenvalue weighted by molar-refractivity contribution is -0.112. The highest BCUT2D eigenvalue weighted by Gasteiger charge is 2.14. The van der Waals surface area contributed by atoms with Crippen molar-refractivity contribution in [3.63, 3.8) is 0 Å². The summed E-state index contributed by atoms with van der Waals surface area (Å²) in [7, 11) is 0. The van der Waals surface area contributed by atoms with Crippen molar-refractivity contribution in [1.82, 2.24) is 10.2 Å². The van der Waals surface area contributed by atoms with Crippen LogP contribution in [0.1, 0.15) is 24.1 Å². The summed E-state index contributed by atoms with van der Waals surface area (Å²) >= 11 is 7.28. The molecule has 1 aromatic carbocycles. The Morgan fingerprint density at radius 1 is 1.37 bits per heavy atom. The van der Waals surface area contributed by atoms with Crippen molar-refractivity contribution in [2.24, 2.45) is 0 Å². The molecule has 0 aliphatic carbocycles. The van der Waals surface area contributed by atoms with Gasteiger partial charge in [0.05, 0.1) is 0 Å². The number of furan rings is 1. The third-order valence-electron chi connectivity index (χ3n) is 3.54. The van der Waals surface area contributed by atoms with Crippen LogP contribution in [0.15, 0.2) is 46.4 Å². The summed E-state index contributed by atoms with van der Waals surface area (Å²) in [6.07, 6.45) is 3.13. The average Bonchev–Trinajstić information content (AvgIpc) is 3.29. The Morgan fingerprint density at radius 2 is 2.22 bits per heavy atom. The first-order valence-electron chi connectivity index (χ1n) is 8.20. The van der Waals surface area contributed by atoms with Gasteiger partial charge in [-0.3, -0.25) is 10.1 Å². The number of halogens is 1. The van der Waals surface area contributed by atoms with Crippen molar-refractivity contribution in [2.75, 3.05) is 5.32 Å². The number of aromatic nitrogens is 2. The van der Waals surface area contributed by atoms with Gasteiger partial charge in [0.25, 0.3) is 5.91 Å². The molecule has 8 heteroatoms. The molecule has 3 rings (SSSR count). The fourth-order valence-electron chi connectivity index (χ4n) is 2.30. The molecule has 1 N–H and O–H groups in total. The molecular weight excluding hydrogens is 384 g/mol. The molecule has 136 valence electrons. The van der Waals surface area contributed by atoms with Crippen molar-refractivity contribution in [3.05, 3.63) is 57.8 Å². The number of nitrogens with zero attached hydrogens (tertiary/aromatic N) is 3. The monoisotopic (exact) mass is 398 g/mol. The van der Waals surface area contributed by atoms with Crippen LogP contribution in [-0.4, -0.2) is 16.1 Å². The molecule has 0 aliphatic rings. The number of rotatable bonds is 6. The van der Waals surface area contributed by atoms with Crippen LogP contribution in [0, 0.1) is 11.3 Å². The van der Waals surface area contributed by atoms with E-state index in [-0.39, 0.29) is 5.57 Å². The Balaban J connectivity index is 1.75. The van der Waals surface area contributed by atoms with Gasteiger partial charge in [-0.2, -0.15) is 5.26 Å². The van der Waals surface area contributed by atoms with E-state index in [1.807, 2.05) is 25.1 Å². The van der Waals surface area contributed by atoms with Gasteiger partial charge >= 0.3 is 0 Å². The molecule has 0 saturated carbocycles. The number of hydrogen-bond donors (Lipinski definition) is 1. The van der Waals surface area contributed by atoms with Crippen LogP contribution in [-0.2, 0) is 11.2 Å². The number of aryl methyl sites for hydroxylation is 1. The molecule has 0 radical (unpaired) electrons. The minimum atomic E-state index is -0.558. The minimum Gasteiger partial charge on any atom is -0.457 e. The van der Waals surface area contributed by atoms with Crippen LogP contribution in [0.2, 0.25) is 5.02 Å². The number of amides is 1. The lowest BCUT2D eigenvalue weighted by atomic mass is 10.2. The van der Waals surface area contributed by atoms with Gasteiger partial charge in [0.1, 0.15) is 28.2 Å². The van der Waals surface area contributed by atoms with Crippen molar-refractivity contribution >= 4 is 40.1 Å². The summed E-state index contributed by atoms with van der Waals surface area (Å²) in [5.74, 6) is 0.424. The van der Waals surface area contributed by atoms with Gasteiger partial charge in [0, 0.05) is 23.1 Å². The SMILES string of the molecule is CCCc1nnc(NC(=O)/C(C#N)=C\c2ccc(-c3cccc(Cl)c3)o2)s1. The van der Waals surface area contributed by atoms with Gasteiger partial charge in [-0.15, -0.1) is 10.2 Å². The van der Waals surface area contributed by atoms with E-state index in [2.05, 4.69) is 15.5 Å². The molecule has 2 heterocycles. The highest BCUT2D eigenvalue weighted by Crippen LogP contribution is 2.26.